The molecule has 0 spiro atoms. The van der Waals surface area contributed by atoms with Gasteiger partial charge in [-0.1, -0.05) is 35.9 Å². The van der Waals surface area contributed by atoms with Crippen LogP contribution in [0, 0.1) is 11.3 Å². The number of halogens is 1. The molecular formula is C18H14ClNO4. The van der Waals surface area contributed by atoms with Gasteiger partial charge in [0.15, 0.2) is 0 Å². The number of hydrogen-bond acceptors (Lipinski definition) is 5. The van der Waals surface area contributed by atoms with Crippen LogP contribution in [-0.2, 0) is 9.53 Å². The zero-order chi connectivity index (χ0) is 17.5. The van der Waals surface area contributed by atoms with Gasteiger partial charge in [0.05, 0.1) is 17.2 Å². The van der Waals surface area contributed by atoms with Crippen LogP contribution in [0.25, 0.3) is 5.57 Å². The third-order valence-electron chi connectivity index (χ3n) is 3.01. The van der Waals surface area contributed by atoms with Crippen molar-refractivity contribution >= 4 is 23.1 Å². The first kappa shape index (κ1) is 17.4. The summed E-state index contributed by atoms with van der Waals surface area (Å²) in [5.74, 6) is -1.06. The van der Waals surface area contributed by atoms with Gasteiger partial charge in [0.25, 0.3) is 0 Å². The first-order chi connectivity index (χ1) is 11.6. The van der Waals surface area contributed by atoms with E-state index in [1.807, 2.05) is 6.07 Å². The molecule has 2 rings (SSSR count). The second kappa shape index (κ2) is 8.04. The molecule has 5 nitrogen and oxygen atoms in total. The average molecular weight is 344 g/mol. The van der Waals surface area contributed by atoms with E-state index in [4.69, 9.17) is 21.1 Å². The fourth-order valence-corrected chi connectivity index (χ4v) is 2.24. The van der Waals surface area contributed by atoms with Crippen molar-refractivity contribution in [2.75, 3.05) is 6.61 Å². The van der Waals surface area contributed by atoms with Gasteiger partial charge in [-0.3, -0.25) is 0 Å². The van der Waals surface area contributed by atoms with Crippen LogP contribution in [0.1, 0.15) is 12.5 Å². The highest BCUT2D eigenvalue weighted by atomic mass is 35.5. The minimum atomic E-state index is -1.00. The van der Waals surface area contributed by atoms with Crippen LogP contribution in [-0.4, -0.2) is 17.7 Å². The van der Waals surface area contributed by atoms with Crippen molar-refractivity contribution in [3.05, 3.63) is 64.9 Å². The van der Waals surface area contributed by atoms with E-state index in [2.05, 4.69) is 0 Å². The number of aliphatic hydroxyl groups excluding tert-OH is 1. The molecule has 0 heterocycles. The highest BCUT2D eigenvalue weighted by Crippen LogP contribution is 2.36. The van der Waals surface area contributed by atoms with Crippen molar-refractivity contribution in [1.82, 2.24) is 0 Å². The number of hydrogen-bond donors (Lipinski definition) is 1. The van der Waals surface area contributed by atoms with E-state index in [9.17, 15) is 15.2 Å². The monoisotopic (exact) mass is 343 g/mol. The molecule has 6 heteroatoms. The summed E-state index contributed by atoms with van der Waals surface area (Å²) < 4.78 is 10.5. The molecule has 122 valence electrons. The van der Waals surface area contributed by atoms with Gasteiger partial charge < -0.3 is 14.6 Å². The molecule has 0 aliphatic rings. The molecule has 0 saturated heterocycles. The Morgan fingerprint density at radius 2 is 1.92 bits per heavy atom. The Morgan fingerprint density at radius 3 is 2.54 bits per heavy atom. The maximum Gasteiger partial charge on any atom is 0.374 e. The molecule has 0 aliphatic heterocycles. The minimum absolute atomic E-state index is 0.0670. The maximum absolute atomic E-state index is 11.7. The van der Waals surface area contributed by atoms with E-state index in [0.717, 1.165) is 0 Å². The zero-order valence-electron chi connectivity index (χ0n) is 12.8. The van der Waals surface area contributed by atoms with Gasteiger partial charge in [0.1, 0.15) is 23.1 Å². The number of carbonyl (C=O) groups is 1. The molecule has 0 radical (unpaired) electrons. The first-order valence-electron chi connectivity index (χ1n) is 7.10. The summed E-state index contributed by atoms with van der Waals surface area (Å²) in [5.41, 5.74) is -0.193. The lowest BCUT2D eigenvalue weighted by Gasteiger charge is -2.13. The van der Waals surface area contributed by atoms with Crippen LogP contribution < -0.4 is 4.74 Å². The number of benzene rings is 2. The summed E-state index contributed by atoms with van der Waals surface area (Å²) >= 11 is 6.17. The molecule has 24 heavy (non-hydrogen) atoms. The number of nitriles is 1. The normalized spacial score (nSPS) is 11.2. The van der Waals surface area contributed by atoms with Crippen LogP contribution in [0.3, 0.4) is 0 Å². The molecular weight excluding hydrogens is 330 g/mol. The van der Waals surface area contributed by atoms with Crippen molar-refractivity contribution in [1.29, 1.82) is 5.26 Å². The van der Waals surface area contributed by atoms with Crippen molar-refractivity contribution in [2.45, 2.75) is 6.92 Å². The number of carbonyl (C=O) groups excluding carboxylic acids is 1. The molecule has 0 atom stereocenters. The predicted octanol–water partition coefficient (Wildman–Crippen LogP) is 4.49. The van der Waals surface area contributed by atoms with Gasteiger partial charge in [-0.15, -0.1) is 0 Å². The van der Waals surface area contributed by atoms with Crippen molar-refractivity contribution in [2.24, 2.45) is 0 Å². The molecule has 0 aromatic heterocycles. The van der Waals surface area contributed by atoms with Crippen LogP contribution in [0.2, 0.25) is 5.02 Å². The second-order valence-corrected chi connectivity index (χ2v) is 4.99. The summed E-state index contributed by atoms with van der Waals surface area (Å²) in [6.07, 6.45) is 0. The topological polar surface area (TPSA) is 79.5 Å². The lowest BCUT2D eigenvalue weighted by atomic mass is 10.0. The van der Waals surface area contributed by atoms with Crippen LogP contribution in [0.4, 0.5) is 0 Å². The molecule has 2 aromatic carbocycles. The second-order valence-electron chi connectivity index (χ2n) is 4.58. The Balaban J connectivity index is 2.54. The SMILES string of the molecule is CCOC(=O)/C(O)=C(\C#N)c1c(Cl)cccc1Oc1ccccc1. The van der Waals surface area contributed by atoms with Gasteiger partial charge in [-0.25, -0.2) is 4.79 Å². The first-order valence-corrected chi connectivity index (χ1v) is 7.48. The summed E-state index contributed by atoms with van der Waals surface area (Å²) in [7, 11) is 0. The van der Waals surface area contributed by atoms with E-state index < -0.39 is 11.7 Å². The number of para-hydroxylation sites is 1. The Morgan fingerprint density at radius 1 is 1.21 bits per heavy atom. The molecule has 0 saturated carbocycles. The summed E-state index contributed by atoms with van der Waals surface area (Å²) in [6.45, 7) is 1.66. The summed E-state index contributed by atoms with van der Waals surface area (Å²) in [4.78, 5) is 11.7. The fourth-order valence-electron chi connectivity index (χ4n) is 1.98. The Hall–Kier alpha value is -2.97. The highest BCUT2D eigenvalue weighted by Gasteiger charge is 2.22. The number of esters is 1. The largest absolute Gasteiger partial charge is 0.501 e. The van der Waals surface area contributed by atoms with Crippen molar-refractivity contribution in [3.63, 3.8) is 0 Å². The van der Waals surface area contributed by atoms with Crippen LogP contribution in [0.15, 0.2) is 54.3 Å². The van der Waals surface area contributed by atoms with Crippen LogP contribution in [0.5, 0.6) is 11.5 Å². The van der Waals surface area contributed by atoms with E-state index in [1.165, 1.54) is 6.07 Å². The average Bonchev–Trinajstić information content (AvgIpc) is 2.58. The van der Waals surface area contributed by atoms with Gasteiger partial charge >= 0.3 is 5.97 Å². The third kappa shape index (κ3) is 3.86. The van der Waals surface area contributed by atoms with E-state index >= 15 is 0 Å². The van der Waals surface area contributed by atoms with Gasteiger partial charge in [0.2, 0.25) is 5.76 Å². The molecule has 0 unspecified atom stereocenters. The quantitative estimate of drug-likeness (QED) is 0.374. The number of ether oxygens (including phenoxy) is 2. The Kier molecular flexibility index (Phi) is 5.83. The van der Waals surface area contributed by atoms with Gasteiger partial charge in [-0.05, 0) is 31.2 Å². The summed E-state index contributed by atoms with van der Waals surface area (Å²) in [5, 5.41) is 19.6. The van der Waals surface area contributed by atoms with E-state index in [1.54, 1.807) is 49.4 Å². The summed E-state index contributed by atoms with van der Waals surface area (Å²) in [6, 6.07) is 15.4. The molecule has 2 aromatic rings. The van der Waals surface area contributed by atoms with Crippen molar-refractivity contribution < 1.29 is 19.4 Å². The van der Waals surface area contributed by atoms with E-state index in [0.29, 0.717) is 5.75 Å². The Bertz CT molecular complexity index is 810. The minimum Gasteiger partial charge on any atom is -0.501 e. The predicted molar refractivity (Wildman–Crippen MR) is 89.8 cm³/mol. The van der Waals surface area contributed by atoms with Crippen molar-refractivity contribution in [3.8, 4) is 17.6 Å². The molecule has 0 bridgehead atoms. The molecule has 0 aliphatic carbocycles. The molecule has 0 fully saturated rings. The molecule has 1 N–H and O–H groups in total. The number of aliphatic hydroxyl groups is 1. The van der Waals surface area contributed by atoms with Gasteiger partial charge in [-0.2, -0.15) is 5.26 Å². The number of allylic oxidation sites excluding steroid dienone is 1. The smallest absolute Gasteiger partial charge is 0.374 e. The third-order valence-corrected chi connectivity index (χ3v) is 3.33. The Labute approximate surface area is 144 Å². The zero-order valence-corrected chi connectivity index (χ0v) is 13.6. The number of nitrogens with zero attached hydrogens (tertiary/aromatic N) is 1. The lowest BCUT2D eigenvalue weighted by molar-refractivity contribution is -0.141. The maximum atomic E-state index is 11.7. The molecule has 0 amide bonds. The number of rotatable bonds is 5. The van der Waals surface area contributed by atoms with Gasteiger partial charge in [0, 0.05) is 0 Å². The van der Waals surface area contributed by atoms with E-state index in [-0.39, 0.29) is 28.5 Å². The highest BCUT2D eigenvalue weighted by molar-refractivity contribution is 6.33. The lowest BCUT2D eigenvalue weighted by Crippen LogP contribution is -2.09. The van der Waals surface area contributed by atoms with Crippen LogP contribution >= 0.6 is 11.6 Å². The fraction of sp³-hybridized carbons (Fsp3) is 0.111. The standard InChI is InChI=1S/C18H14ClNO4/c1-2-23-18(22)17(21)13(11-20)16-14(19)9-6-10-15(16)24-12-7-4-3-5-8-12/h3-10,21H,2H2,1H3/b17-13-.